The third-order valence-electron chi connectivity index (χ3n) is 2.94. The highest BCUT2D eigenvalue weighted by Gasteiger charge is 2.13. The van der Waals surface area contributed by atoms with Crippen LogP contribution in [0.1, 0.15) is 16.3 Å². The number of pyridine rings is 1. The highest BCUT2D eigenvalue weighted by atomic mass is 79.9. The molecular formula is C15H11BrN2O2. The number of rotatable bonds is 4. The predicted octanol–water partition coefficient (Wildman–Crippen LogP) is 3.49. The summed E-state index contributed by atoms with van der Waals surface area (Å²) in [5.41, 5.74) is 1.17. The SMILES string of the molecule is O=Cc1nc(COc2ccccc2)n2cccc(Br)c12. The van der Waals surface area contributed by atoms with Crippen molar-refractivity contribution in [2.75, 3.05) is 0 Å². The van der Waals surface area contributed by atoms with Crippen molar-refractivity contribution in [2.45, 2.75) is 6.61 Å². The summed E-state index contributed by atoms with van der Waals surface area (Å²) in [7, 11) is 0. The fourth-order valence-electron chi connectivity index (χ4n) is 2.04. The van der Waals surface area contributed by atoms with Crippen LogP contribution >= 0.6 is 15.9 Å². The first kappa shape index (κ1) is 12.9. The molecule has 0 amide bonds. The Kier molecular flexibility index (Phi) is 3.52. The molecule has 0 unspecified atom stereocenters. The lowest BCUT2D eigenvalue weighted by Gasteiger charge is -2.05. The molecule has 0 radical (unpaired) electrons. The molecule has 0 saturated carbocycles. The highest BCUT2D eigenvalue weighted by molar-refractivity contribution is 9.10. The predicted molar refractivity (Wildman–Crippen MR) is 79.1 cm³/mol. The molecular weight excluding hydrogens is 320 g/mol. The van der Waals surface area contributed by atoms with E-state index in [1.54, 1.807) is 0 Å². The summed E-state index contributed by atoms with van der Waals surface area (Å²) in [5.74, 6) is 1.46. The van der Waals surface area contributed by atoms with Gasteiger partial charge in [0, 0.05) is 10.7 Å². The molecule has 3 rings (SSSR count). The molecule has 0 spiro atoms. The van der Waals surface area contributed by atoms with Crippen molar-refractivity contribution >= 4 is 27.7 Å². The molecule has 0 bridgehead atoms. The van der Waals surface area contributed by atoms with Gasteiger partial charge in [-0.15, -0.1) is 0 Å². The zero-order valence-corrected chi connectivity index (χ0v) is 12.1. The number of para-hydroxylation sites is 1. The van der Waals surface area contributed by atoms with Gasteiger partial charge in [-0.05, 0) is 40.2 Å². The molecule has 2 aromatic heterocycles. The number of benzene rings is 1. The Hall–Kier alpha value is -2.14. The van der Waals surface area contributed by atoms with Crippen molar-refractivity contribution in [1.82, 2.24) is 9.38 Å². The average molecular weight is 331 g/mol. The number of aromatic nitrogens is 2. The molecule has 0 aliphatic rings. The van der Waals surface area contributed by atoms with Crippen LogP contribution in [0.25, 0.3) is 5.52 Å². The van der Waals surface area contributed by atoms with Gasteiger partial charge in [-0.2, -0.15) is 0 Å². The van der Waals surface area contributed by atoms with Crippen molar-refractivity contribution in [2.24, 2.45) is 0 Å². The first-order valence-corrected chi connectivity index (χ1v) is 6.87. The molecule has 0 aliphatic carbocycles. The van der Waals surface area contributed by atoms with E-state index in [2.05, 4.69) is 20.9 Å². The van der Waals surface area contributed by atoms with Gasteiger partial charge >= 0.3 is 0 Å². The fourth-order valence-corrected chi connectivity index (χ4v) is 2.58. The first-order valence-electron chi connectivity index (χ1n) is 6.08. The average Bonchev–Trinajstić information content (AvgIpc) is 2.86. The quantitative estimate of drug-likeness (QED) is 0.688. The molecule has 100 valence electrons. The van der Waals surface area contributed by atoms with Crippen LogP contribution in [0.3, 0.4) is 0 Å². The number of imidazole rings is 1. The number of fused-ring (bicyclic) bond motifs is 1. The number of aldehydes is 1. The van der Waals surface area contributed by atoms with Crippen molar-refractivity contribution in [3.63, 3.8) is 0 Å². The van der Waals surface area contributed by atoms with E-state index in [0.717, 1.165) is 22.0 Å². The third-order valence-corrected chi connectivity index (χ3v) is 3.58. The van der Waals surface area contributed by atoms with E-state index in [9.17, 15) is 4.79 Å². The van der Waals surface area contributed by atoms with Gasteiger partial charge in [0.15, 0.2) is 12.1 Å². The molecule has 20 heavy (non-hydrogen) atoms. The van der Waals surface area contributed by atoms with Gasteiger partial charge < -0.3 is 4.74 Å². The number of halogens is 1. The molecule has 2 heterocycles. The number of carbonyl (C=O) groups is 1. The van der Waals surface area contributed by atoms with Crippen LogP contribution in [0.5, 0.6) is 5.75 Å². The van der Waals surface area contributed by atoms with Crippen molar-refractivity contribution in [1.29, 1.82) is 0 Å². The van der Waals surface area contributed by atoms with E-state index in [1.165, 1.54) is 0 Å². The topological polar surface area (TPSA) is 43.6 Å². The summed E-state index contributed by atoms with van der Waals surface area (Å²) in [4.78, 5) is 15.4. The van der Waals surface area contributed by atoms with Gasteiger partial charge in [-0.25, -0.2) is 4.98 Å². The minimum absolute atomic E-state index is 0.301. The lowest BCUT2D eigenvalue weighted by atomic mass is 10.3. The monoisotopic (exact) mass is 330 g/mol. The van der Waals surface area contributed by atoms with Gasteiger partial charge in [0.05, 0.1) is 5.52 Å². The zero-order valence-electron chi connectivity index (χ0n) is 10.5. The maximum absolute atomic E-state index is 11.1. The Morgan fingerprint density at radius 1 is 1.20 bits per heavy atom. The summed E-state index contributed by atoms with van der Waals surface area (Å²) in [6, 6.07) is 13.3. The molecule has 0 atom stereocenters. The van der Waals surface area contributed by atoms with E-state index in [4.69, 9.17) is 4.74 Å². The Bertz CT molecular complexity index is 753. The third kappa shape index (κ3) is 2.32. The second kappa shape index (κ2) is 5.46. The van der Waals surface area contributed by atoms with E-state index < -0.39 is 0 Å². The molecule has 0 fully saturated rings. The maximum Gasteiger partial charge on any atom is 0.170 e. The van der Waals surface area contributed by atoms with Gasteiger partial charge in [0.2, 0.25) is 0 Å². The van der Waals surface area contributed by atoms with E-state index in [0.29, 0.717) is 18.1 Å². The van der Waals surface area contributed by atoms with Crippen LogP contribution in [0.4, 0.5) is 0 Å². The fraction of sp³-hybridized carbons (Fsp3) is 0.0667. The molecule has 0 saturated heterocycles. The minimum Gasteiger partial charge on any atom is -0.486 e. The summed E-state index contributed by atoms with van der Waals surface area (Å²) in [5, 5.41) is 0. The standard InChI is InChI=1S/C15H11BrN2O2/c16-12-7-4-8-18-14(17-13(9-19)15(12)18)10-20-11-5-2-1-3-6-11/h1-9H,10H2. The second-order valence-electron chi connectivity index (χ2n) is 4.21. The molecule has 0 aliphatic heterocycles. The number of hydrogen-bond acceptors (Lipinski definition) is 3. The molecule has 1 aromatic carbocycles. The highest BCUT2D eigenvalue weighted by Crippen LogP contribution is 2.22. The second-order valence-corrected chi connectivity index (χ2v) is 5.06. The van der Waals surface area contributed by atoms with Crippen LogP contribution in [0.2, 0.25) is 0 Å². The summed E-state index contributed by atoms with van der Waals surface area (Å²) in [6.07, 6.45) is 2.62. The minimum atomic E-state index is 0.301. The van der Waals surface area contributed by atoms with Gasteiger partial charge in [-0.1, -0.05) is 18.2 Å². The lowest BCUT2D eigenvalue weighted by molar-refractivity contribution is 0.112. The zero-order chi connectivity index (χ0) is 13.9. The maximum atomic E-state index is 11.1. The van der Waals surface area contributed by atoms with Gasteiger partial charge in [0.25, 0.3) is 0 Å². The van der Waals surface area contributed by atoms with E-state index in [1.807, 2.05) is 53.1 Å². The smallest absolute Gasteiger partial charge is 0.170 e. The summed E-state index contributed by atoms with van der Waals surface area (Å²) < 4.78 is 8.38. The number of nitrogens with zero attached hydrogens (tertiary/aromatic N) is 2. The number of hydrogen-bond donors (Lipinski definition) is 0. The van der Waals surface area contributed by atoms with Gasteiger partial charge in [0.1, 0.15) is 18.1 Å². The molecule has 5 heteroatoms. The normalized spacial score (nSPS) is 10.7. The lowest BCUT2D eigenvalue weighted by Crippen LogP contribution is -2.01. The Labute approximate surface area is 124 Å². The van der Waals surface area contributed by atoms with Gasteiger partial charge in [-0.3, -0.25) is 9.20 Å². The summed E-state index contributed by atoms with van der Waals surface area (Å²) >= 11 is 3.44. The Morgan fingerprint density at radius 2 is 2.00 bits per heavy atom. The Balaban J connectivity index is 1.96. The van der Waals surface area contributed by atoms with E-state index >= 15 is 0 Å². The first-order chi connectivity index (χ1) is 9.79. The van der Waals surface area contributed by atoms with E-state index in [-0.39, 0.29) is 0 Å². The van der Waals surface area contributed by atoms with Crippen molar-refractivity contribution in [3.8, 4) is 5.75 Å². The Morgan fingerprint density at radius 3 is 2.75 bits per heavy atom. The van der Waals surface area contributed by atoms with Crippen molar-refractivity contribution < 1.29 is 9.53 Å². The van der Waals surface area contributed by atoms with Crippen LogP contribution in [-0.4, -0.2) is 15.7 Å². The molecule has 3 aromatic rings. The van der Waals surface area contributed by atoms with Crippen LogP contribution in [0, 0.1) is 0 Å². The largest absolute Gasteiger partial charge is 0.486 e. The number of ether oxygens (including phenoxy) is 1. The molecule has 4 nitrogen and oxygen atoms in total. The number of carbonyl (C=O) groups excluding carboxylic acids is 1. The van der Waals surface area contributed by atoms with Crippen LogP contribution in [0.15, 0.2) is 53.1 Å². The van der Waals surface area contributed by atoms with Crippen LogP contribution < -0.4 is 4.74 Å². The molecule has 0 N–H and O–H groups in total. The van der Waals surface area contributed by atoms with Crippen LogP contribution in [-0.2, 0) is 6.61 Å². The summed E-state index contributed by atoms with van der Waals surface area (Å²) in [6.45, 7) is 0.301. The van der Waals surface area contributed by atoms with Crippen molar-refractivity contribution in [3.05, 3.63) is 64.7 Å².